The van der Waals surface area contributed by atoms with Gasteiger partial charge in [-0.05, 0) is 29.8 Å². The predicted octanol–water partition coefficient (Wildman–Crippen LogP) is 4.01. The van der Waals surface area contributed by atoms with Gasteiger partial charge in [0.25, 0.3) is 0 Å². The molecule has 0 spiro atoms. The fourth-order valence-corrected chi connectivity index (χ4v) is 1.90. The summed E-state index contributed by atoms with van der Waals surface area (Å²) < 4.78 is 28.3. The summed E-state index contributed by atoms with van der Waals surface area (Å²) in [5, 5.41) is 12.3. The molecule has 3 nitrogen and oxygen atoms in total. The molecule has 0 heterocycles. The normalized spacial score (nSPS) is 11.7. The molecule has 5 heteroatoms. The molecule has 0 aliphatic carbocycles. The summed E-state index contributed by atoms with van der Waals surface area (Å²) in [6, 6.07) is 17.9. The van der Waals surface area contributed by atoms with E-state index in [9.17, 15) is 14.0 Å². The van der Waals surface area contributed by atoms with Gasteiger partial charge in [-0.3, -0.25) is 0 Å². The Hall–Kier alpha value is -2.61. The Labute approximate surface area is 121 Å². The number of nitrogens with one attached hydrogen (secondary N) is 1. The van der Waals surface area contributed by atoms with Crippen LogP contribution in [0.4, 0.5) is 14.5 Å². The van der Waals surface area contributed by atoms with Crippen molar-refractivity contribution in [2.45, 2.75) is 12.5 Å². The molecule has 0 aliphatic rings. The molecular weight excluding hydrogens is 274 g/mol. The molecule has 0 radical (unpaired) electrons. The Bertz CT molecular complexity index is 594. The van der Waals surface area contributed by atoms with E-state index in [2.05, 4.69) is 16.1 Å². The number of nitriles is 1. The zero-order chi connectivity index (χ0) is 15.1. The van der Waals surface area contributed by atoms with Crippen molar-refractivity contribution in [3.05, 3.63) is 60.2 Å². The Kier molecular flexibility index (Phi) is 5.10. The molecule has 0 aliphatic heterocycles. The monoisotopic (exact) mass is 288 g/mol. The third kappa shape index (κ3) is 4.46. The van der Waals surface area contributed by atoms with Crippen molar-refractivity contribution < 1.29 is 13.5 Å². The number of rotatable bonds is 6. The fourth-order valence-electron chi connectivity index (χ4n) is 1.90. The number of benzene rings is 2. The standard InChI is InChI=1S/C16H14F2N2O/c17-16(18)21-15-8-6-14(7-9-15)20-11-13(10-19)12-4-2-1-3-5-12/h1-9,13,16,20H,11H2. The maximum absolute atomic E-state index is 12.0. The lowest BCUT2D eigenvalue weighted by atomic mass is 10.0. The molecule has 2 rings (SSSR count). The van der Waals surface area contributed by atoms with Crippen molar-refractivity contribution >= 4 is 5.69 Å². The van der Waals surface area contributed by atoms with Crippen molar-refractivity contribution in [2.75, 3.05) is 11.9 Å². The van der Waals surface area contributed by atoms with Crippen molar-refractivity contribution in [3.63, 3.8) is 0 Å². The molecular formula is C16H14F2N2O. The van der Waals surface area contributed by atoms with E-state index in [1.165, 1.54) is 12.1 Å². The van der Waals surface area contributed by atoms with Gasteiger partial charge in [-0.2, -0.15) is 14.0 Å². The molecule has 1 N–H and O–H groups in total. The number of anilines is 1. The lowest BCUT2D eigenvalue weighted by Crippen LogP contribution is -2.11. The van der Waals surface area contributed by atoms with Gasteiger partial charge < -0.3 is 10.1 Å². The third-order valence-corrected chi connectivity index (χ3v) is 2.95. The van der Waals surface area contributed by atoms with Crippen LogP contribution < -0.4 is 10.1 Å². The fraction of sp³-hybridized carbons (Fsp3) is 0.188. The average molecular weight is 288 g/mol. The highest BCUT2D eigenvalue weighted by atomic mass is 19.3. The van der Waals surface area contributed by atoms with Crippen LogP contribution in [0.25, 0.3) is 0 Å². The highest BCUT2D eigenvalue weighted by molar-refractivity contribution is 5.47. The third-order valence-electron chi connectivity index (χ3n) is 2.95. The summed E-state index contributed by atoms with van der Waals surface area (Å²) in [6.45, 7) is -2.39. The van der Waals surface area contributed by atoms with Crippen LogP contribution in [0.3, 0.4) is 0 Å². The van der Waals surface area contributed by atoms with Crippen LogP contribution in [0.5, 0.6) is 5.75 Å². The van der Waals surface area contributed by atoms with E-state index in [1.54, 1.807) is 12.1 Å². The molecule has 0 bridgehead atoms. The average Bonchev–Trinajstić information content (AvgIpc) is 2.50. The first-order chi connectivity index (χ1) is 10.2. The zero-order valence-electron chi connectivity index (χ0n) is 11.2. The van der Waals surface area contributed by atoms with Gasteiger partial charge in [-0.1, -0.05) is 30.3 Å². The van der Waals surface area contributed by atoms with E-state index in [0.717, 1.165) is 11.3 Å². The van der Waals surface area contributed by atoms with Crippen LogP contribution >= 0.6 is 0 Å². The van der Waals surface area contributed by atoms with E-state index in [-0.39, 0.29) is 11.7 Å². The first kappa shape index (κ1) is 14.8. The van der Waals surface area contributed by atoms with E-state index in [0.29, 0.717) is 6.54 Å². The lowest BCUT2D eigenvalue weighted by Gasteiger charge is -2.12. The summed E-state index contributed by atoms with van der Waals surface area (Å²) in [5.41, 5.74) is 1.68. The van der Waals surface area contributed by atoms with E-state index in [1.807, 2.05) is 30.3 Å². The van der Waals surface area contributed by atoms with Crippen LogP contribution in [0.2, 0.25) is 0 Å². The van der Waals surface area contributed by atoms with Crippen molar-refractivity contribution in [1.29, 1.82) is 5.26 Å². The predicted molar refractivity (Wildman–Crippen MR) is 76.4 cm³/mol. The topological polar surface area (TPSA) is 45.0 Å². The van der Waals surface area contributed by atoms with E-state index in [4.69, 9.17) is 0 Å². The van der Waals surface area contributed by atoms with Crippen LogP contribution in [0, 0.1) is 11.3 Å². The van der Waals surface area contributed by atoms with Crippen molar-refractivity contribution in [3.8, 4) is 11.8 Å². The van der Waals surface area contributed by atoms with Gasteiger partial charge in [0, 0.05) is 12.2 Å². The molecule has 108 valence electrons. The molecule has 0 aromatic heterocycles. The Morgan fingerprint density at radius 1 is 1.05 bits per heavy atom. The minimum Gasteiger partial charge on any atom is -0.435 e. The Morgan fingerprint density at radius 2 is 1.71 bits per heavy atom. The van der Waals surface area contributed by atoms with E-state index < -0.39 is 6.61 Å². The number of nitrogens with zero attached hydrogens (tertiary/aromatic N) is 1. The van der Waals surface area contributed by atoms with E-state index >= 15 is 0 Å². The second-order valence-electron chi connectivity index (χ2n) is 4.38. The summed E-state index contributed by atoms with van der Waals surface area (Å²) in [6.07, 6.45) is 0. The molecule has 0 saturated carbocycles. The number of halogens is 2. The van der Waals surface area contributed by atoms with Crippen LogP contribution in [-0.2, 0) is 0 Å². The molecule has 0 saturated heterocycles. The molecule has 1 atom stereocenters. The quantitative estimate of drug-likeness (QED) is 0.873. The molecule has 0 amide bonds. The Morgan fingerprint density at radius 3 is 2.29 bits per heavy atom. The second kappa shape index (κ2) is 7.25. The molecule has 2 aromatic carbocycles. The molecule has 21 heavy (non-hydrogen) atoms. The summed E-state index contributed by atoms with van der Waals surface area (Å²) in [4.78, 5) is 0. The van der Waals surface area contributed by atoms with Gasteiger partial charge in [-0.25, -0.2) is 0 Å². The minimum atomic E-state index is -2.83. The van der Waals surface area contributed by atoms with Crippen LogP contribution in [0.1, 0.15) is 11.5 Å². The summed E-state index contributed by atoms with van der Waals surface area (Å²) in [5.74, 6) is -0.168. The second-order valence-corrected chi connectivity index (χ2v) is 4.38. The Balaban J connectivity index is 1.94. The first-order valence-corrected chi connectivity index (χ1v) is 6.42. The zero-order valence-corrected chi connectivity index (χ0v) is 11.2. The van der Waals surface area contributed by atoms with Gasteiger partial charge >= 0.3 is 6.61 Å². The van der Waals surface area contributed by atoms with Crippen LogP contribution in [-0.4, -0.2) is 13.2 Å². The van der Waals surface area contributed by atoms with Gasteiger partial charge in [-0.15, -0.1) is 0 Å². The lowest BCUT2D eigenvalue weighted by molar-refractivity contribution is -0.0498. The maximum atomic E-state index is 12.0. The number of hydrogen-bond donors (Lipinski definition) is 1. The van der Waals surface area contributed by atoms with Gasteiger partial charge in [0.05, 0.1) is 12.0 Å². The highest BCUT2D eigenvalue weighted by Gasteiger charge is 2.10. The minimum absolute atomic E-state index is 0.107. The van der Waals surface area contributed by atoms with Gasteiger partial charge in [0.15, 0.2) is 0 Å². The van der Waals surface area contributed by atoms with Gasteiger partial charge in [0.1, 0.15) is 5.75 Å². The number of hydrogen-bond acceptors (Lipinski definition) is 3. The summed E-state index contributed by atoms with van der Waals surface area (Å²) in [7, 11) is 0. The smallest absolute Gasteiger partial charge is 0.387 e. The molecule has 0 fully saturated rings. The highest BCUT2D eigenvalue weighted by Crippen LogP contribution is 2.20. The summed E-state index contributed by atoms with van der Waals surface area (Å²) >= 11 is 0. The van der Waals surface area contributed by atoms with Crippen molar-refractivity contribution in [1.82, 2.24) is 0 Å². The number of alkyl halides is 2. The molecule has 1 unspecified atom stereocenters. The SMILES string of the molecule is N#CC(CNc1ccc(OC(F)F)cc1)c1ccccc1. The van der Waals surface area contributed by atoms with Gasteiger partial charge in [0.2, 0.25) is 0 Å². The first-order valence-electron chi connectivity index (χ1n) is 6.42. The maximum Gasteiger partial charge on any atom is 0.387 e. The molecule has 2 aromatic rings. The number of ether oxygens (including phenoxy) is 1. The van der Waals surface area contributed by atoms with Crippen molar-refractivity contribution in [2.24, 2.45) is 0 Å². The van der Waals surface area contributed by atoms with Crippen LogP contribution in [0.15, 0.2) is 54.6 Å². The largest absolute Gasteiger partial charge is 0.435 e.